The standard InChI is InChI=1S/C41H52N4O6/c1-9-33-36(32(26-46)42-44(33)8)35-27(3)21-22-31-30(19-14-25-50-34-20-13-17-28-16-11-12-18-29(28)34)38(39(47)49-10-2)45(37(31)35)24-15-23-43(7)40(48)51-41(4,5)6/h11-13,16-18,20-22,46H,9-10,14-15,19,23-26H2,1-8H3. The monoisotopic (exact) mass is 696 g/mol. The molecule has 0 saturated heterocycles. The van der Waals surface area contributed by atoms with Crippen LogP contribution >= 0.6 is 0 Å². The Balaban J connectivity index is 1.60. The number of amides is 1. The van der Waals surface area contributed by atoms with Crippen molar-refractivity contribution >= 4 is 33.7 Å². The molecular formula is C41H52N4O6. The van der Waals surface area contributed by atoms with E-state index in [2.05, 4.69) is 53.8 Å². The fourth-order valence-electron chi connectivity index (χ4n) is 6.92. The van der Waals surface area contributed by atoms with Crippen LogP contribution in [0.15, 0.2) is 54.6 Å². The summed E-state index contributed by atoms with van der Waals surface area (Å²) in [5.41, 5.74) is 6.08. The van der Waals surface area contributed by atoms with E-state index in [1.165, 1.54) is 0 Å². The summed E-state index contributed by atoms with van der Waals surface area (Å²) in [5.74, 6) is 0.431. The molecule has 1 amide bonds. The molecule has 0 aliphatic carbocycles. The molecule has 272 valence electrons. The smallest absolute Gasteiger partial charge is 0.410 e. The summed E-state index contributed by atoms with van der Waals surface area (Å²) in [6.07, 6.45) is 2.10. The molecule has 0 atom stereocenters. The number of carbonyl (C=O) groups is 2. The van der Waals surface area contributed by atoms with E-state index >= 15 is 0 Å². The van der Waals surface area contributed by atoms with E-state index in [9.17, 15) is 14.7 Å². The lowest BCUT2D eigenvalue weighted by Gasteiger charge is -2.25. The molecule has 0 unspecified atom stereocenters. The molecule has 0 bridgehead atoms. The highest BCUT2D eigenvalue weighted by Crippen LogP contribution is 2.41. The van der Waals surface area contributed by atoms with Gasteiger partial charge >= 0.3 is 12.1 Å². The van der Waals surface area contributed by atoms with E-state index < -0.39 is 17.7 Å². The van der Waals surface area contributed by atoms with Gasteiger partial charge in [-0.3, -0.25) is 4.68 Å². The third-order valence-corrected chi connectivity index (χ3v) is 9.14. The van der Waals surface area contributed by atoms with Gasteiger partial charge in [-0.15, -0.1) is 0 Å². The lowest BCUT2D eigenvalue weighted by molar-refractivity contribution is 0.0294. The largest absolute Gasteiger partial charge is 0.493 e. The van der Waals surface area contributed by atoms with Crippen LogP contribution in [0.2, 0.25) is 0 Å². The maximum Gasteiger partial charge on any atom is 0.410 e. The Morgan fingerprint density at radius 2 is 1.71 bits per heavy atom. The number of aromatic nitrogens is 3. The van der Waals surface area contributed by atoms with Crippen LogP contribution in [0.1, 0.15) is 80.5 Å². The van der Waals surface area contributed by atoms with Gasteiger partial charge < -0.3 is 28.8 Å². The van der Waals surface area contributed by atoms with Crippen LogP contribution in [0.4, 0.5) is 4.79 Å². The predicted octanol–water partition coefficient (Wildman–Crippen LogP) is 8.00. The highest BCUT2D eigenvalue weighted by molar-refractivity contribution is 6.05. The fourth-order valence-corrected chi connectivity index (χ4v) is 6.92. The molecule has 0 saturated carbocycles. The minimum absolute atomic E-state index is 0.219. The van der Waals surface area contributed by atoms with Gasteiger partial charge in [0, 0.05) is 54.8 Å². The van der Waals surface area contributed by atoms with E-state index in [1.807, 2.05) is 63.7 Å². The van der Waals surface area contributed by atoms with Crippen molar-refractivity contribution in [2.45, 2.75) is 86.0 Å². The van der Waals surface area contributed by atoms with Gasteiger partial charge in [0.2, 0.25) is 0 Å². The second-order valence-corrected chi connectivity index (χ2v) is 13.9. The molecule has 5 aromatic rings. The Bertz CT molecular complexity index is 2010. The zero-order chi connectivity index (χ0) is 36.9. The topological polar surface area (TPSA) is 108 Å². The highest BCUT2D eigenvalue weighted by atomic mass is 16.6. The second kappa shape index (κ2) is 16.0. The molecule has 0 aliphatic rings. The maximum absolute atomic E-state index is 14.0. The number of rotatable bonds is 14. The van der Waals surface area contributed by atoms with E-state index in [0.717, 1.165) is 55.4 Å². The van der Waals surface area contributed by atoms with Crippen LogP contribution in [0.25, 0.3) is 32.8 Å². The molecule has 0 aliphatic heterocycles. The van der Waals surface area contributed by atoms with Crippen LogP contribution < -0.4 is 4.74 Å². The van der Waals surface area contributed by atoms with Crippen LogP contribution in [0, 0.1) is 6.92 Å². The fraction of sp³-hybridized carbons (Fsp3) is 0.439. The summed E-state index contributed by atoms with van der Waals surface area (Å²) in [7, 11) is 3.62. The third-order valence-electron chi connectivity index (χ3n) is 9.14. The lowest BCUT2D eigenvalue weighted by atomic mass is 9.93. The van der Waals surface area contributed by atoms with E-state index in [4.69, 9.17) is 14.2 Å². The zero-order valence-corrected chi connectivity index (χ0v) is 31.3. The number of aliphatic hydroxyl groups excluding tert-OH is 1. The molecule has 0 spiro atoms. The molecule has 10 heteroatoms. The summed E-state index contributed by atoms with van der Waals surface area (Å²) in [6.45, 7) is 12.8. The first-order valence-electron chi connectivity index (χ1n) is 17.9. The van der Waals surface area contributed by atoms with Gasteiger partial charge in [0.15, 0.2) is 0 Å². The number of hydrogen-bond donors (Lipinski definition) is 1. The maximum atomic E-state index is 14.0. The Labute approximate surface area is 300 Å². The molecule has 3 aromatic carbocycles. The van der Waals surface area contributed by atoms with Gasteiger partial charge in [-0.05, 0) is 82.9 Å². The number of aliphatic hydroxyl groups is 1. The van der Waals surface area contributed by atoms with Crippen molar-refractivity contribution in [2.24, 2.45) is 7.05 Å². The Hall–Kier alpha value is -4.83. The minimum Gasteiger partial charge on any atom is -0.493 e. The Morgan fingerprint density at radius 3 is 2.41 bits per heavy atom. The molecule has 51 heavy (non-hydrogen) atoms. The first-order valence-corrected chi connectivity index (χ1v) is 17.9. The number of benzene rings is 3. The number of esters is 1. The van der Waals surface area contributed by atoms with Crippen molar-refractivity contribution < 1.29 is 28.9 Å². The Kier molecular flexibility index (Phi) is 11.8. The van der Waals surface area contributed by atoms with E-state index in [-0.39, 0.29) is 13.2 Å². The van der Waals surface area contributed by atoms with Crippen molar-refractivity contribution in [3.63, 3.8) is 0 Å². The number of carbonyl (C=O) groups excluding carboxylic acids is 2. The second-order valence-electron chi connectivity index (χ2n) is 13.9. The molecule has 1 N–H and O–H groups in total. The summed E-state index contributed by atoms with van der Waals surface area (Å²) < 4.78 is 21.5. The molecule has 10 nitrogen and oxygen atoms in total. The predicted molar refractivity (Wildman–Crippen MR) is 201 cm³/mol. The van der Waals surface area contributed by atoms with E-state index in [1.54, 1.807) is 11.9 Å². The number of hydrogen-bond acceptors (Lipinski definition) is 7. The molecule has 0 radical (unpaired) electrons. The summed E-state index contributed by atoms with van der Waals surface area (Å²) in [6, 6.07) is 18.4. The summed E-state index contributed by atoms with van der Waals surface area (Å²) in [5, 5.41) is 18.3. The van der Waals surface area contributed by atoms with Gasteiger partial charge in [0.1, 0.15) is 17.0 Å². The number of nitrogens with zero attached hydrogens (tertiary/aromatic N) is 4. The number of fused-ring (bicyclic) bond motifs is 2. The molecule has 0 fully saturated rings. The van der Waals surface area contributed by atoms with Crippen LogP contribution in [-0.2, 0) is 42.5 Å². The van der Waals surface area contributed by atoms with Gasteiger partial charge in [-0.25, -0.2) is 9.59 Å². The normalized spacial score (nSPS) is 11.7. The van der Waals surface area contributed by atoms with Crippen molar-refractivity contribution in [1.82, 2.24) is 19.2 Å². The van der Waals surface area contributed by atoms with Crippen LogP contribution in [-0.4, -0.2) is 68.8 Å². The minimum atomic E-state index is -0.608. The number of ether oxygens (including phenoxy) is 3. The molecule has 2 aromatic heterocycles. The summed E-state index contributed by atoms with van der Waals surface area (Å²) >= 11 is 0. The molecule has 2 heterocycles. The van der Waals surface area contributed by atoms with Crippen LogP contribution in [0.5, 0.6) is 5.75 Å². The highest BCUT2D eigenvalue weighted by Gasteiger charge is 2.29. The SMILES string of the molecule is CCOC(=O)c1c(CCCOc2cccc3ccccc23)c2ccc(C)c(-c3c(CO)nn(C)c3CC)c2n1CCCN(C)C(=O)OC(C)(C)C. The van der Waals surface area contributed by atoms with Crippen molar-refractivity contribution in [2.75, 3.05) is 26.8 Å². The molecule has 5 rings (SSSR count). The van der Waals surface area contributed by atoms with Crippen molar-refractivity contribution in [1.29, 1.82) is 0 Å². The lowest BCUT2D eigenvalue weighted by Crippen LogP contribution is -2.35. The first kappa shape index (κ1) is 37.4. The average Bonchev–Trinajstić information content (AvgIpc) is 3.58. The zero-order valence-electron chi connectivity index (χ0n) is 31.3. The first-order chi connectivity index (χ1) is 24.4. The quantitative estimate of drug-likeness (QED) is 0.0926. The molecular weight excluding hydrogens is 644 g/mol. The summed E-state index contributed by atoms with van der Waals surface area (Å²) in [4.78, 5) is 28.4. The van der Waals surface area contributed by atoms with Gasteiger partial charge in [0.25, 0.3) is 0 Å². The van der Waals surface area contributed by atoms with Crippen molar-refractivity contribution in [3.8, 4) is 16.9 Å². The number of aryl methyl sites for hydroxylation is 4. The Morgan fingerprint density at radius 1 is 0.961 bits per heavy atom. The van der Waals surface area contributed by atoms with Gasteiger partial charge in [-0.1, -0.05) is 55.5 Å². The van der Waals surface area contributed by atoms with E-state index in [0.29, 0.717) is 56.8 Å². The van der Waals surface area contributed by atoms with Gasteiger partial charge in [0.05, 0.1) is 31.0 Å². The van der Waals surface area contributed by atoms with Crippen molar-refractivity contribution in [3.05, 3.63) is 82.8 Å². The van der Waals surface area contributed by atoms with Crippen LogP contribution in [0.3, 0.4) is 0 Å². The average molecular weight is 697 g/mol. The van der Waals surface area contributed by atoms with Gasteiger partial charge in [-0.2, -0.15) is 5.10 Å². The third kappa shape index (κ3) is 8.06.